The Hall–Kier alpha value is -1.85. The normalized spacial score (nSPS) is 20.4. The number of morpholine rings is 1. The lowest BCUT2D eigenvalue weighted by Gasteiger charge is -2.31. The Balaban J connectivity index is 1.73. The van der Waals surface area contributed by atoms with Crippen molar-refractivity contribution in [3.63, 3.8) is 0 Å². The largest absolute Gasteiger partial charge is 0.498 e. The first-order valence-electron chi connectivity index (χ1n) is 8.72. The lowest BCUT2D eigenvalue weighted by atomic mass is 10.0. The number of rotatable bonds is 5. The molecule has 5 nitrogen and oxygen atoms in total. The number of ether oxygens (including phenoxy) is 2. The zero-order valence-corrected chi connectivity index (χ0v) is 14.3. The molecule has 2 aliphatic rings. The minimum absolute atomic E-state index is 0.00527. The average Bonchev–Trinajstić information content (AvgIpc) is 2.63. The maximum Gasteiger partial charge on any atom is 0.251 e. The van der Waals surface area contributed by atoms with E-state index in [9.17, 15) is 4.79 Å². The second kappa shape index (κ2) is 8.31. The zero-order chi connectivity index (χ0) is 16.8. The summed E-state index contributed by atoms with van der Waals surface area (Å²) in [5, 5.41) is 3.22. The Bertz CT molecular complexity index is 580. The van der Waals surface area contributed by atoms with E-state index in [2.05, 4.69) is 22.3 Å². The van der Waals surface area contributed by atoms with Crippen molar-refractivity contribution in [3.8, 4) is 0 Å². The average molecular weight is 330 g/mol. The monoisotopic (exact) mass is 330 g/mol. The van der Waals surface area contributed by atoms with Crippen LogP contribution in [0.5, 0.6) is 0 Å². The fourth-order valence-corrected chi connectivity index (χ4v) is 3.22. The molecular formula is C19H26N2O3. The van der Waals surface area contributed by atoms with Gasteiger partial charge in [-0.25, -0.2) is 0 Å². The number of carbonyl (C=O) groups is 1. The Morgan fingerprint density at radius 2 is 1.96 bits per heavy atom. The summed E-state index contributed by atoms with van der Waals surface area (Å²) in [4.78, 5) is 15.1. The molecule has 1 N–H and O–H groups in total. The van der Waals surface area contributed by atoms with E-state index < -0.39 is 0 Å². The van der Waals surface area contributed by atoms with E-state index in [1.165, 1.54) is 0 Å². The van der Waals surface area contributed by atoms with Crippen molar-refractivity contribution in [3.05, 3.63) is 47.2 Å². The fraction of sp³-hybridized carbons (Fsp3) is 0.526. The first-order valence-corrected chi connectivity index (χ1v) is 8.72. The number of benzene rings is 1. The van der Waals surface area contributed by atoms with Gasteiger partial charge in [0.2, 0.25) is 0 Å². The molecule has 0 bridgehead atoms. The third-order valence-corrected chi connectivity index (χ3v) is 4.64. The van der Waals surface area contributed by atoms with Crippen LogP contribution in [0.3, 0.4) is 0 Å². The molecule has 1 fully saturated rings. The highest BCUT2D eigenvalue weighted by Gasteiger charge is 2.24. The van der Waals surface area contributed by atoms with Crippen LogP contribution in [-0.2, 0) is 14.3 Å². The van der Waals surface area contributed by atoms with Crippen LogP contribution in [0.15, 0.2) is 41.7 Å². The minimum Gasteiger partial charge on any atom is -0.498 e. The molecule has 2 aliphatic heterocycles. The smallest absolute Gasteiger partial charge is 0.251 e. The summed E-state index contributed by atoms with van der Waals surface area (Å²) in [6.07, 6.45) is 1.69. The van der Waals surface area contributed by atoms with Gasteiger partial charge in [-0.3, -0.25) is 9.69 Å². The van der Waals surface area contributed by atoms with Crippen molar-refractivity contribution in [2.24, 2.45) is 0 Å². The first-order chi connectivity index (χ1) is 11.7. The molecule has 1 aromatic rings. The maximum atomic E-state index is 12.7. The highest BCUT2D eigenvalue weighted by atomic mass is 16.5. The van der Waals surface area contributed by atoms with Gasteiger partial charge in [0.1, 0.15) is 5.76 Å². The Labute approximate surface area is 143 Å². The lowest BCUT2D eigenvalue weighted by Crippen LogP contribution is -2.43. The number of nitrogens with one attached hydrogen (secondary N) is 1. The first kappa shape index (κ1) is 17.0. The number of amides is 1. The van der Waals surface area contributed by atoms with Gasteiger partial charge in [-0.2, -0.15) is 0 Å². The van der Waals surface area contributed by atoms with Crippen LogP contribution in [0.1, 0.15) is 31.4 Å². The summed E-state index contributed by atoms with van der Waals surface area (Å²) in [5.41, 5.74) is 1.91. The maximum absolute atomic E-state index is 12.7. The van der Waals surface area contributed by atoms with Gasteiger partial charge in [0.15, 0.2) is 0 Å². The molecule has 3 rings (SSSR count). The Kier molecular flexibility index (Phi) is 5.88. The van der Waals surface area contributed by atoms with E-state index in [1.807, 2.05) is 25.1 Å². The van der Waals surface area contributed by atoms with E-state index in [4.69, 9.17) is 9.47 Å². The Morgan fingerprint density at radius 3 is 2.67 bits per heavy atom. The summed E-state index contributed by atoms with van der Waals surface area (Å²) in [5.74, 6) is 0.756. The van der Waals surface area contributed by atoms with Gasteiger partial charge in [0, 0.05) is 19.6 Å². The van der Waals surface area contributed by atoms with Gasteiger partial charge in [0.25, 0.3) is 5.91 Å². The van der Waals surface area contributed by atoms with Crippen LogP contribution >= 0.6 is 0 Å². The molecule has 1 amide bonds. The van der Waals surface area contributed by atoms with Crippen molar-refractivity contribution >= 4 is 5.91 Å². The summed E-state index contributed by atoms with van der Waals surface area (Å²) < 4.78 is 11.0. The second-order valence-electron chi connectivity index (χ2n) is 6.34. The van der Waals surface area contributed by atoms with E-state index in [1.54, 1.807) is 0 Å². The van der Waals surface area contributed by atoms with Crippen molar-refractivity contribution in [2.75, 3.05) is 39.5 Å². The van der Waals surface area contributed by atoms with E-state index >= 15 is 0 Å². The van der Waals surface area contributed by atoms with Gasteiger partial charge >= 0.3 is 0 Å². The third-order valence-electron chi connectivity index (χ3n) is 4.64. The molecule has 1 unspecified atom stereocenters. The van der Waals surface area contributed by atoms with E-state index in [0.29, 0.717) is 6.61 Å². The molecule has 24 heavy (non-hydrogen) atoms. The van der Waals surface area contributed by atoms with Crippen molar-refractivity contribution in [1.29, 1.82) is 0 Å². The summed E-state index contributed by atoms with van der Waals surface area (Å²) in [6, 6.07) is 10.1. The molecule has 1 aromatic carbocycles. The second-order valence-corrected chi connectivity index (χ2v) is 6.34. The molecule has 1 atom stereocenters. The third kappa shape index (κ3) is 4.36. The predicted octanol–water partition coefficient (Wildman–Crippen LogP) is 2.26. The van der Waals surface area contributed by atoms with Crippen LogP contribution in [0.4, 0.5) is 0 Å². The number of hydrogen-bond acceptors (Lipinski definition) is 4. The van der Waals surface area contributed by atoms with E-state index in [0.717, 1.165) is 62.6 Å². The SMILES string of the molecule is CC1=C(C(=O)NC(CN2CCOCC2)c2ccccc2)CCCO1. The number of carbonyl (C=O) groups excluding carboxylic acids is 1. The molecule has 2 heterocycles. The molecular weight excluding hydrogens is 304 g/mol. The standard InChI is InChI=1S/C19H26N2O3/c1-15-17(8-5-11-24-15)19(22)20-18(16-6-3-2-4-7-16)14-21-9-12-23-13-10-21/h2-4,6-7,18H,5,8-14H2,1H3,(H,20,22). The summed E-state index contributed by atoms with van der Waals surface area (Å²) in [6.45, 7) is 6.72. The molecule has 0 aliphatic carbocycles. The summed E-state index contributed by atoms with van der Waals surface area (Å²) in [7, 11) is 0. The van der Waals surface area contributed by atoms with Gasteiger partial charge in [-0.05, 0) is 25.3 Å². The van der Waals surface area contributed by atoms with Crippen molar-refractivity contribution in [1.82, 2.24) is 10.2 Å². The quantitative estimate of drug-likeness (QED) is 0.900. The molecule has 0 aromatic heterocycles. The van der Waals surface area contributed by atoms with Crippen LogP contribution in [0.2, 0.25) is 0 Å². The minimum atomic E-state index is -0.0287. The topological polar surface area (TPSA) is 50.8 Å². The molecule has 5 heteroatoms. The van der Waals surface area contributed by atoms with Crippen molar-refractivity contribution in [2.45, 2.75) is 25.8 Å². The molecule has 0 spiro atoms. The number of nitrogens with zero attached hydrogens (tertiary/aromatic N) is 1. The van der Waals surface area contributed by atoms with Crippen LogP contribution < -0.4 is 5.32 Å². The van der Waals surface area contributed by atoms with Crippen molar-refractivity contribution < 1.29 is 14.3 Å². The van der Waals surface area contributed by atoms with Crippen LogP contribution in [-0.4, -0.2) is 50.3 Å². The molecule has 0 saturated carbocycles. The fourth-order valence-electron chi connectivity index (χ4n) is 3.22. The molecule has 1 saturated heterocycles. The Morgan fingerprint density at radius 1 is 1.21 bits per heavy atom. The number of hydrogen-bond donors (Lipinski definition) is 1. The van der Waals surface area contributed by atoms with Gasteiger partial charge in [-0.1, -0.05) is 30.3 Å². The van der Waals surface area contributed by atoms with Crippen LogP contribution in [0, 0.1) is 0 Å². The van der Waals surface area contributed by atoms with Crippen LogP contribution in [0.25, 0.3) is 0 Å². The van der Waals surface area contributed by atoms with E-state index in [-0.39, 0.29) is 11.9 Å². The highest BCUT2D eigenvalue weighted by molar-refractivity contribution is 5.94. The predicted molar refractivity (Wildman–Crippen MR) is 92.5 cm³/mol. The number of allylic oxidation sites excluding steroid dienone is 1. The molecule has 130 valence electrons. The zero-order valence-electron chi connectivity index (χ0n) is 14.3. The van der Waals surface area contributed by atoms with Gasteiger partial charge in [0.05, 0.1) is 31.4 Å². The van der Waals surface area contributed by atoms with Gasteiger partial charge in [-0.15, -0.1) is 0 Å². The summed E-state index contributed by atoms with van der Waals surface area (Å²) >= 11 is 0. The highest BCUT2D eigenvalue weighted by Crippen LogP contribution is 2.21. The molecule has 0 radical (unpaired) electrons. The van der Waals surface area contributed by atoms with Gasteiger partial charge < -0.3 is 14.8 Å². The lowest BCUT2D eigenvalue weighted by molar-refractivity contribution is -0.119.